The highest BCUT2D eigenvalue weighted by atomic mass is 19.1. The van der Waals surface area contributed by atoms with E-state index in [1.54, 1.807) is 6.07 Å². The molecule has 0 unspecified atom stereocenters. The summed E-state index contributed by atoms with van der Waals surface area (Å²) >= 11 is 0. The molecule has 4 rings (SSSR count). The number of imide groups is 1. The summed E-state index contributed by atoms with van der Waals surface area (Å²) in [5.41, 5.74) is 0.268. The van der Waals surface area contributed by atoms with Crippen LogP contribution in [0.1, 0.15) is 27.4 Å². The van der Waals surface area contributed by atoms with E-state index >= 15 is 0 Å². The number of methoxy groups -OCH3 is 1. The van der Waals surface area contributed by atoms with Gasteiger partial charge in [0.15, 0.2) is 5.75 Å². The van der Waals surface area contributed by atoms with Gasteiger partial charge in [-0.25, -0.2) is 14.0 Å². The first-order chi connectivity index (χ1) is 17.2. The van der Waals surface area contributed by atoms with Crippen LogP contribution in [0, 0.1) is 15.9 Å². The third-order valence-electron chi connectivity index (χ3n) is 5.10. The molecule has 1 saturated heterocycles. The van der Waals surface area contributed by atoms with Gasteiger partial charge in [0.1, 0.15) is 23.9 Å². The van der Waals surface area contributed by atoms with Gasteiger partial charge in [-0.05, 0) is 47.5 Å². The Morgan fingerprint density at radius 2 is 2.00 bits per heavy atom. The van der Waals surface area contributed by atoms with E-state index in [-0.39, 0.29) is 47.4 Å². The van der Waals surface area contributed by atoms with Gasteiger partial charge < -0.3 is 19.2 Å². The van der Waals surface area contributed by atoms with Gasteiger partial charge >= 0.3 is 17.7 Å². The van der Waals surface area contributed by atoms with Crippen molar-refractivity contribution in [3.63, 3.8) is 0 Å². The van der Waals surface area contributed by atoms with Crippen LogP contribution in [-0.2, 0) is 22.7 Å². The minimum Gasteiger partial charge on any atom is -0.482 e. The first-order valence-electron chi connectivity index (χ1n) is 10.4. The molecule has 11 nitrogen and oxygen atoms in total. The Labute approximate surface area is 202 Å². The largest absolute Gasteiger partial charge is 0.482 e. The molecule has 0 saturated carbocycles. The van der Waals surface area contributed by atoms with Gasteiger partial charge in [0.25, 0.3) is 5.91 Å². The van der Waals surface area contributed by atoms with Crippen molar-refractivity contribution in [1.29, 1.82) is 0 Å². The zero-order chi connectivity index (χ0) is 25.8. The van der Waals surface area contributed by atoms with E-state index in [1.807, 2.05) is 0 Å². The van der Waals surface area contributed by atoms with Gasteiger partial charge in [-0.2, -0.15) is 0 Å². The SMILES string of the molecule is COC(=O)c1ccc(CN2C(=O)NC(=Cc3ccc(OCc4cccc(F)c4)c([N+](=O)[O-])c3)C2=O)o1. The normalized spacial score (nSPS) is 14.2. The van der Waals surface area contributed by atoms with Crippen molar-refractivity contribution in [2.24, 2.45) is 0 Å². The average molecular weight is 495 g/mol. The molecule has 3 aromatic rings. The third-order valence-corrected chi connectivity index (χ3v) is 5.10. The maximum Gasteiger partial charge on any atom is 0.373 e. The zero-order valence-corrected chi connectivity index (χ0v) is 18.7. The number of rotatable bonds is 8. The van der Waals surface area contributed by atoms with Gasteiger partial charge in [0.05, 0.1) is 18.6 Å². The van der Waals surface area contributed by atoms with Gasteiger partial charge in [-0.1, -0.05) is 18.2 Å². The fourth-order valence-electron chi connectivity index (χ4n) is 3.39. The number of nitro groups is 1. The predicted octanol–water partition coefficient (Wildman–Crippen LogP) is 3.79. The Hall–Kier alpha value is -5.00. The molecule has 0 bridgehead atoms. The van der Waals surface area contributed by atoms with Crippen LogP contribution in [0.25, 0.3) is 6.08 Å². The summed E-state index contributed by atoms with van der Waals surface area (Å²) in [6.45, 7) is -0.334. The number of ether oxygens (including phenoxy) is 2. The van der Waals surface area contributed by atoms with E-state index in [0.717, 1.165) is 4.90 Å². The van der Waals surface area contributed by atoms with Crippen LogP contribution in [0.5, 0.6) is 5.75 Å². The third kappa shape index (κ3) is 5.22. The molecule has 1 aliphatic heterocycles. The topological polar surface area (TPSA) is 141 Å². The van der Waals surface area contributed by atoms with Crippen LogP contribution in [0.3, 0.4) is 0 Å². The summed E-state index contributed by atoms with van der Waals surface area (Å²) in [7, 11) is 1.19. The van der Waals surface area contributed by atoms with Crippen LogP contribution < -0.4 is 10.1 Å². The average Bonchev–Trinajstić information content (AvgIpc) is 3.43. The van der Waals surface area contributed by atoms with E-state index in [4.69, 9.17) is 9.15 Å². The first-order valence-corrected chi connectivity index (χ1v) is 10.4. The molecule has 0 aliphatic carbocycles. The Balaban J connectivity index is 1.50. The van der Waals surface area contributed by atoms with Gasteiger partial charge in [-0.15, -0.1) is 0 Å². The molecule has 1 aliphatic rings. The molecule has 0 spiro atoms. The second-order valence-electron chi connectivity index (χ2n) is 7.54. The summed E-state index contributed by atoms with van der Waals surface area (Å²) in [6.07, 6.45) is 1.28. The van der Waals surface area contributed by atoms with Crippen molar-refractivity contribution >= 4 is 29.7 Å². The fourth-order valence-corrected chi connectivity index (χ4v) is 3.39. The van der Waals surface area contributed by atoms with Crippen LogP contribution in [0.4, 0.5) is 14.9 Å². The quantitative estimate of drug-likeness (QED) is 0.164. The molecule has 0 radical (unpaired) electrons. The molecule has 1 fully saturated rings. The predicted molar refractivity (Wildman–Crippen MR) is 121 cm³/mol. The number of hydrogen-bond donors (Lipinski definition) is 1. The van der Waals surface area contributed by atoms with Gasteiger partial charge in [0.2, 0.25) is 5.76 Å². The number of nitro benzene ring substituents is 1. The number of nitrogens with zero attached hydrogens (tertiary/aromatic N) is 2. The highest BCUT2D eigenvalue weighted by Gasteiger charge is 2.34. The minimum atomic E-state index is -0.730. The molecule has 0 atom stereocenters. The Morgan fingerprint density at radius 3 is 2.72 bits per heavy atom. The lowest BCUT2D eigenvalue weighted by atomic mass is 10.1. The standard InChI is InChI=1S/C24H18FN3O8/c1-34-23(30)21-8-6-17(36-21)12-27-22(29)18(26-24(27)31)10-14-5-7-20(19(11-14)28(32)33)35-13-15-3-2-4-16(25)9-15/h2-11H,12-13H2,1H3,(H,26,31). The van der Waals surface area contributed by atoms with Gasteiger partial charge in [0, 0.05) is 6.07 Å². The molecule has 2 heterocycles. The van der Waals surface area contributed by atoms with Crippen LogP contribution in [0.2, 0.25) is 0 Å². The van der Waals surface area contributed by atoms with Crippen molar-refractivity contribution in [2.75, 3.05) is 7.11 Å². The minimum absolute atomic E-state index is 0.0472. The molecule has 1 N–H and O–H groups in total. The molecular formula is C24H18FN3O8. The van der Waals surface area contributed by atoms with Crippen LogP contribution in [0.15, 0.2) is 64.7 Å². The number of esters is 1. The highest BCUT2D eigenvalue weighted by Crippen LogP contribution is 2.30. The second-order valence-corrected chi connectivity index (χ2v) is 7.54. The second kappa shape index (κ2) is 10.1. The number of urea groups is 1. The number of nitrogens with one attached hydrogen (secondary N) is 1. The first kappa shape index (κ1) is 24.1. The Morgan fingerprint density at radius 1 is 1.19 bits per heavy atom. The number of hydrogen-bond acceptors (Lipinski definition) is 8. The number of furan rings is 1. The maximum absolute atomic E-state index is 13.3. The van der Waals surface area contributed by atoms with E-state index in [2.05, 4.69) is 10.1 Å². The summed E-state index contributed by atoms with van der Waals surface area (Å²) in [4.78, 5) is 48.4. The summed E-state index contributed by atoms with van der Waals surface area (Å²) in [5.74, 6) is -1.80. The maximum atomic E-state index is 13.3. The highest BCUT2D eigenvalue weighted by molar-refractivity contribution is 6.13. The van der Waals surface area contributed by atoms with Crippen molar-refractivity contribution in [2.45, 2.75) is 13.2 Å². The van der Waals surface area contributed by atoms with E-state index < -0.39 is 28.6 Å². The molecule has 12 heteroatoms. The van der Waals surface area contributed by atoms with E-state index in [9.17, 15) is 28.9 Å². The number of amides is 3. The molecule has 1 aromatic heterocycles. The molecular weight excluding hydrogens is 477 g/mol. The summed E-state index contributed by atoms with van der Waals surface area (Å²) < 4.78 is 28.7. The van der Waals surface area contributed by atoms with Crippen molar-refractivity contribution in [3.05, 3.63) is 98.9 Å². The van der Waals surface area contributed by atoms with Gasteiger partial charge in [-0.3, -0.25) is 19.8 Å². The van der Waals surface area contributed by atoms with E-state index in [0.29, 0.717) is 5.56 Å². The Kier molecular flexibility index (Phi) is 6.77. The van der Waals surface area contributed by atoms with Crippen molar-refractivity contribution in [3.8, 4) is 5.75 Å². The zero-order valence-electron chi connectivity index (χ0n) is 18.7. The summed E-state index contributed by atoms with van der Waals surface area (Å²) in [5, 5.41) is 14.0. The monoisotopic (exact) mass is 495 g/mol. The smallest absolute Gasteiger partial charge is 0.373 e. The lowest BCUT2D eigenvalue weighted by Gasteiger charge is -2.09. The van der Waals surface area contributed by atoms with Crippen molar-refractivity contribution in [1.82, 2.24) is 10.2 Å². The molecule has 3 amide bonds. The Bertz CT molecular complexity index is 1400. The molecule has 2 aromatic carbocycles. The number of benzene rings is 2. The summed E-state index contributed by atoms with van der Waals surface area (Å²) in [6, 6.07) is 11.7. The lowest BCUT2D eigenvalue weighted by molar-refractivity contribution is -0.386. The number of carbonyl (C=O) groups is 3. The van der Waals surface area contributed by atoms with E-state index in [1.165, 1.54) is 61.7 Å². The molecule has 184 valence electrons. The number of halogens is 1. The van der Waals surface area contributed by atoms with Crippen LogP contribution >= 0.6 is 0 Å². The fraction of sp³-hybridized carbons (Fsp3) is 0.125. The van der Waals surface area contributed by atoms with Crippen molar-refractivity contribution < 1.29 is 37.6 Å². The molecule has 36 heavy (non-hydrogen) atoms. The lowest BCUT2D eigenvalue weighted by Crippen LogP contribution is -2.30. The number of carbonyl (C=O) groups excluding carboxylic acids is 3. The van der Waals surface area contributed by atoms with Crippen LogP contribution in [-0.4, -0.2) is 34.8 Å².